The normalized spacial score (nSPS) is 28.0. The number of nitrogens with zero attached hydrogens (tertiary/aromatic N) is 1. The number of nitrogens with one attached hydrogen (secondary N) is 1. The van der Waals surface area contributed by atoms with E-state index in [9.17, 15) is 0 Å². The minimum atomic E-state index is 0.437. The molecule has 4 unspecified atom stereocenters. The Morgan fingerprint density at radius 1 is 1.19 bits per heavy atom. The summed E-state index contributed by atoms with van der Waals surface area (Å²) in [7, 11) is 3.58. The monoisotopic (exact) mass is 300 g/mol. The van der Waals surface area contributed by atoms with Crippen LogP contribution in [-0.2, 0) is 9.47 Å². The molecule has 0 heterocycles. The molecule has 0 aliphatic heterocycles. The molecule has 1 fully saturated rings. The quantitative estimate of drug-likeness (QED) is 0.672. The maximum absolute atomic E-state index is 5.40. The van der Waals surface area contributed by atoms with Crippen molar-refractivity contribution in [1.29, 1.82) is 0 Å². The topological polar surface area (TPSA) is 33.7 Å². The molecule has 0 radical (unpaired) electrons. The van der Waals surface area contributed by atoms with Gasteiger partial charge in [-0.3, -0.25) is 4.90 Å². The highest BCUT2D eigenvalue weighted by Crippen LogP contribution is 2.31. The van der Waals surface area contributed by atoms with Crippen molar-refractivity contribution in [2.75, 3.05) is 40.5 Å². The molecular weight excluding hydrogens is 264 g/mol. The van der Waals surface area contributed by atoms with Gasteiger partial charge < -0.3 is 14.8 Å². The van der Waals surface area contributed by atoms with Gasteiger partial charge in [0, 0.05) is 38.9 Å². The Balaban J connectivity index is 2.80. The third-order valence-corrected chi connectivity index (χ3v) is 4.92. The molecule has 1 rings (SSSR count). The molecule has 4 nitrogen and oxygen atoms in total. The highest BCUT2D eigenvalue weighted by atomic mass is 16.5. The minimum absolute atomic E-state index is 0.437. The van der Waals surface area contributed by atoms with E-state index in [1.54, 1.807) is 14.2 Å². The first-order valence-electron chi connectivity index (χ1n) is 8.64. The lowest BCUT2D eigenvalue weighted by Crippen LogP contribution is -2.57. The lowest BCUT2D eigenvalue weighted by atomic mass is 9.79. The van der Waals surface area contributed by atoms with Gasteiger partial charge in [-0.15, -0.1) is 0 Å². The van der Waals surface area contributed by atoms with Crippen LogP contribution in [0.25, 0.3) is 0 Å². The molecule has 1 aliphatic rings. The van der Waals surface area contributed by atoms with E-state index in [1.165, 1.54) is 25.7 Å². The van der Waals surface area contributed by atoms with E-state index in [-0.39, 0.29) is 0 Å². The smallest absolute Gasteiger partial charge is 0.0615 e. The number of hydrogen-bond acceptors (Lipinski definition) is 4. The maximum Gasteiger partial charge on any atom is 0.0615 e. The number of ether oxygens (including phenoxy) is 2. The molecule has 0 bridgehead atoms. The van der Waals surface area contributed by atoms with E-state index in [4.69, 9.17) is 9.47 Å². The largest absolute Gasteiger partial charge is 0.383 e. The maximum atomic E-state index is 5.40. The average molecular weight is 300 g/mol. The van der Waals surface area contributed by atoms with Gasteiger partial charge in [-0.05, 0) is 38.6 Å². The van der Waals surface area contributed by atoms with Crippen LogP contribution in [0.2, 0.25) is 0 Å². The Labute approximate surface area is 131 Å². The van der Waals surface area contributed by atoms with E-state index in [2.05, 4.69) is 31.0 Å². The Bertz CT molecular complexity index is 263. The van der Waals surface area contributed by atoms with Gasteiger partial charge in [-0.25, -0.2) is 0 Å². The second-order valence-electron chi connectivity index (χ2n) is 6.35. The van der Waals surface area contributed by atoms with Crippen LogP contribution in [0.5, 0.6) is 0 Å². The van der Waals surface area contributed by atoms with Crippen LogP contribution in [0.3, 0.4) is 0 Å². The predicted octanol–water partition coefficient (Wildman–Crippen LogP) is 2.53. The van der Waals surface area contributed by atoms with Crippen LogP contribution in [0.1, 0.15) is 46.5 Å². The van der Waals surface area contributed by atoms with Gasteiger partial charge in [0.2, 0.25) is 0 Å². The summed E-state index contributed by atoms with van der Waals surface area (Å²) in [5.41, 5.74) is 0. The first kappa shape index (κ1) is 18.9. The van der Waals surface area contributed by atoms with Crippen LogP contribution in [0, 0.1) is 5.92 Å². The van der Waals surface area contributed by atoms with E-state index < -0.39 is 0 Å². The molecule has 0 amide bonds. The minimum Gasteiger partial charge on any atom is -0.383 e. The fraction of sp³-hybridized carbons (Fsp3) is 1.00. The van der Waals surface area contributed by atoms with Gasteiger partial charge in [-0.2, -0.15) is 0 Å². The molecule has 0 saturated heterocycles. The zero-order valence-electron chi connectivity index (χ0n) is 14.7. The summed E-state index contributed by atoms with van der Waals surface area (Å²) in [5, 5.41) is 3.71. The average Bonchev–Trinajstić information content (AvgIpc) is 2.49. The fourth-order valence-electron chi connectivity index (χ4n) is 3.72. The van der Waals surface area contributed by atoms with E-state index in [0.717, 1.165) is 32.2 Å². The van der Waals surface area contributed by atoms with Crippen molar-refractivity contribution < 1.29 is 9.47 Å². The van der Waals surface area contributed by atoms with Crippen LogP contribution < -0.4 is 5.32 Å². The summed E-state index contributed by atoms with van der Waals surface area (Å²) in [5.74, 6) is 0.865. The molecule has 0 aromatic heterocycles. The highest BCUT2D eigenvalue weighted by molar-refractivity contribution is 4.92. The molecular formula is C17H36N2O2. The van der Waals surface area contributed by atoms with Crippen molar-refractivity contribution in [3.63, 3.8) is 0 Å². The Morgan fingerprint density at radius 2 is 1.95 bits per heavy atom. The zero-order valence-corrected chi connectivity index (χ0v) is 14.7. The van der Waals surface area contributed by atoms with Crippen molar-refractivity contribution >= 4 is 0 Å². The lowest BCUT2D eigenvalue weighted by molar-refractivity contribution is 0.0132. The molecule has 126 valence electrons. The highest BCUT2D eigenvalue weighted by Gasteiger charge is 2.35. The van der Waals surface area contributed by atoms with Crippen molar-refractivity contribution in [3.8, 4) is 0 Å². The van der Waals surface area contributed by atoms with Crippen LogP contribution in [0.15, 0.2) is 0 Å². The summed E-state index contributed by atoms with van der Waals surface area (Å²) in [6, 6.07) is 1.64. The third-order valence-electron chi connectivity index (χ3n) is 4.92. The van der Waals surface area contributed by atoms with Crippen molar-refractivity contribution in [2.45, 2.75) is 64.6 Å². The molecule has 21 heavy (non-hydrogen) atoms. The Kier molecular flexibility index (Phi) is 9.49. The van der Waals surface area contributed by atoms with Gasteiger partial charge in [0.05, 0.1) is 13.2 Å². The summed E-state index contributed by atoms with van der Waals surface area (Å²) in [4.78, 5) is 2.61. The van der Waals surface area contributed by atoms with Crippen molar-refractivity contribution in [3.05, 3.63) is 0 Å². The van der Waals surface area contributed by atoms with E-state index >= 15 is 0 Å². The molecule has 0 aromatic carbocycles. The van der Waals surface area contributed by atoms with Gasteiger partial charge in [-0.1, -0.05) is 20.3 Å². The lowest BCUT2D eigenvalue weighted by Gasteiger charge is -2.45. The second-order valence-corrected chi connectivity index (χ2v) is 6.35. The van der Waals surface area contributed by atoms with Gasteiger partial charge in [0.25, 0.3) is 0 Å². The van der Waals surface area contributed by atoms with Crippen molar-refractivity contribution in [1.82, 2.24) is 10.2 Å². The summed E-state index contributed by atoms with van der Waals surface area (Å²) in [6.07, 6.45) is 5.25. The fourth-order valence-corrected chi connectivity index (χ4v) is 3.72. The van der Waals surface area contributed by atoms with Crippen LogP contribution >= 0.6 is 0 Å². The Morgan fingerprint density at radius 3 is 2.52 bits per heavy atom. The molecule has 4 atom stereocenters. The Hall–Kier alpha value is -0.160. The zero-order chi connectivity index (χ0) is 15.7. The predicted molar refractivity (Wildman–Crippen MR) is 88.8 cm³/mol. The van der Waals surface area contributed by atoms with E-state index in [1.807, 2.05) is 0 Å². The van der Waals surface area contributed by atoms with Gasteiger partial charge in [0.15, 0.2) is 0 Å². The summed E-state index contributed by atoms with van der Waals surface area (Å²) in [6.45, 7) is 10.4. The standard InChI is InChI=1S/C17H36N2O2/c1-6-15-8-9-16(18-7-2)17(12-15)19(10-11-20-4)14(3)13-21-5/h14-18H,6-13H2,1-5H3. The molecule has 0 aromatic rings. The number of rotatable bonds is 10. The van der Waals surface area contributed by atoms with Crippen molar-refractivity contribution in [2.24, 2.45) is 5.92 Å². The molecule has 4 heteroatoms. The SMILES string of the molecule is CCNC1CCC(CC)CC1N(CCOC)C(C)COC. The number of hydrogen-bond donors (Lipinski definition) is 1. The second kappa shape index (κ2) is 10.5. The molecule has 1 saturated carbocycles. The van der Waals surface area contributed by atoms with Crippen LogP contribution in [-0.4, -0.2) is 63.5 Å². The molecule has 0 spiro atoms. The third kappa shape index (κ3) is 5.85. The summed E-state index contributed by atoms with van der Waals surface area (Å²) >= 11 is 0. The molecule has 1 N–H and O–H groups in total. The number of likely N-dealkylation sites (N-methyl/N-ethyl adjacent to an activating group) is 1. The van der Waals surface area contributed by atoms with Gasteiger partial charge >= 0.3 is 0 Å². The number of methoxy groups -OCH3 is 2. The van der Waals surface area contributed by atoms with Gasteiger partial charge in [0.1, 0.15) is 0 Å². The first-order chi connectivity index (χ1) is 10.2. The van der Waals surface area contributed by atoms with Crippen LogP contribution in [0.4, 0.5) is 0 Å². The summed E-state index contributed by atoms with van der Waals surface area (Å²) < 4.78 is 10.7. The molecule has 1 aliphatic carbocycles. The van der Waals surface area contributed by atoms with E-state index in [0.29, 0.717) is 18.1 Å². The first-order valence-corrected chi connectivity index (χ1v) is 8.64.